The topological polar surface area (TPSA) is 49.4 Å². The van der Waals surface area contributed by atoms with Crippen molar-refractivity contribution in [2.45, 2.75) is 38.1 Å². The fraction of sp³-hybridized carbons (Fsp3) is 0.529. The molecule has 2 amide bonds. The fourth-order valence-corrected chi connectivity index (χ4v) is 3.62. The Hall–Kier alpha value is -1.68. The van der Waals surface area contributed by atoms with Crippen LogP contribution in [0.15, 0.2) is 24.3 Å². The molecule has 1 unspecified atom stereocenters. The molecule has 0 spiro atoms. The van der Waals surface area contributed by atoms with E-state index in [0.717, 1.165) is 5.56 Å². The maximum absolute atomic E-state index is 12.6. The lowest BCUT2D eigenvalue weighted by Crippen LogP contribution is -2.50. The number of fused-ring (bicyclic) bond motifs is 1. The van der Waals surface area contributed by atoms with Gasteiger partial charge in [0.15, 0.2) is 0 Å². The van der Waals surface area contributed by atoms with Gasteiger partial charge in [0.05, 0.1) is 6.42 Å². The highest BCUT2D eigenvalue weighted by Crippen LogP contribution is 2.29. The summed E-state index contributed by atoms with van der Waals surface area (Å²) in [6.07, 6.45) is 5.24. The Bertz CT molecular complexity index is 549. The summed E-state index contributed by atoms with van der Waals surface area (Å²) in [5.41, 5.74) is 1.53. The molecule has 1 fully saturated rings. The zero-order valence-electron chi connectivity index (χ0n) is 12.5. The summed E-state index contributed by atoms with van der Waals surface area (Å²) in [4.78, 5) is 26.3. The van der Waals surface area contributed by atoms with E-state index >= 15 is 0 Å². The Morgan fingerprint density at radius 1 is 1.24 bits per heavy atom. The molecule has 21 heavy (non-hydrogen) atoms. The molecule has 4 nitrogen and oxygen atoms in total. The van der Waals surface area contributed by atoms with Gasteiger partial charge < -0.3 is 5.32 Å². The Balaban J connectivity index is 1.78. The molecule has 0 saturated heterocycles. The van der Waals surface area contributed by atoms with Gasteiger partial charge in [-0.3, -0.25) is 14.5 Å². The standard InChI is InChI=1S/C17H22N2O2/c1-18-15(12-6-2-3-7-12)11-19-16(20)10-13-8-4-5-9-14(13)17(19)21/h4-5,8-9,12,15,18H,2-3,6-7,10-11H2,1H3. The number of carbonyl (C=O) groups is 2. The average Bonchev–Trinajstić information content (AvgIpc) is 3.01. The van der Waals surface area contributed by atoms with Gasteiger partial charge in [-0.2, -0.15) is 0 Å². The molecule has 1 aliphatic carbocycles. The van der Waals surface area contributed by atoms with E-state index in [2.05, 4.69) is 5.32 Å². The third kappa shape index (κ3) is 2.72. The van der Waals surface area contributed by atoms with Crippen molar-refractivity contribution in [1.29, 1.82) is 0 Å². The molecule has 1 atom stereocenters. The van der Waals surface area contributed by atoms with Crippen LogP contribution in [0.3, 0.4) is 0 Å². The van der Waals surface area contributed by atoms with Crippen LogP contribution in [-0.4, -0.2) is 36.3 Å². The zero-order valence-corrected chi connectivity index (χ0v) is 12.5. The van der Waals surface area contributed by atoms with Crippen molar-refractivity contribution in [3.05, 3.63) is 35.4 Å². The molecule has 2 aliphatic rings. The molecule has 4 heteroatoms. The summed E-state index contributed by atoms with van der Waals surface area (Å²) in [7, 11) is 1.93. The van der Waals surface area contributed by atoms with Crippen LogP contribution in [0.1, 0.15) is 41.6 Å². The predicted molar refractivity (Wildman–Crippen MR) is 81.0 cm³/mol. The highest BCUT2D eigenvalue weighted by atomic mass is 16.2. The molecule has 0 aromatic heterocycles. The summed E-state index contributed by atoms with van der Waals surface area (Å²) in [5, 5.41) is 3.31. The number of hydrogen-bond acceptors (Lipinski definition) is 3. The van der Waals surface area contributed by atoms with Crippen LogP contribution in [-0.2, 0) is 11.2 Å². The molecule has 1 aromatic rings. The van der Waals surface area contributed by atoms with Gasteiger partial charge in [0, 0.05) is 18.2 Å². The van der Waals surface area contributed by atoms with E-state index < -0.39 is 0 Å². The molecule has 1 aromatic carbocycles. The van der Waals surface area contributed by atoms with Gasteiger partial charge in [0.1, 0.15) is 0 Å². The molecular formula is C17H22N2O2. The lowest BCUT2D eigenvalue weighted by Gasteiger charge is -2.32. The van der Waals surface area contributed by atoms with Gasteiger partial charge in [-0.1, -0.05) is 31.0 Å². The van der Waals surface area contributed by atoms with Gasteiger partial charge in [0.25, 0.3) is 5.91 Å². The molecule has 0 bridgehead atoms. The largest absolute Gasteiger partial charge is 0.315 e. The van der Waals surface area contributed by atoms with E-state index in [-0.39, 0.29) is 17.9 Å². The monoisotopic (exact) mass is 286 g/mol. The van der Waals surface area contributed by atoms with Crippen LogP contribution in [0, 0.1) is 5.92 Å². The number of nitrogens with zero attached hydrogens (tertiary/aromatic N) is 1. The van der Waals surface area contributed by atoms with Gasteiger partial charge in [0.2, 0.25) is 5.91 Å². The first-order chi connectivity index (χ1) is 10.2. The number of nitrogens with one attached hydrogen (secondary N) is 1. The van der Waals surface area contributed by atoms with Crippen molar-refractivity contribution in [2.75, 3.05) is 13.6 Å². The quantitative estimate of drug-likeness (QED) is 0.861. The number of hydrogen-bond donors (Lipinski definition) is 1. The van der Waals surface area contributed by atoms with Crippen LogP contribution in [0.25, 0.3) is 0 Å². The van der Waals surface area contributed by atoms with Crippen molar-refractivity contribution in [3.63, 3.8) is 0 Å². The predicted octanol–water partition coefficient (Wildman–Crippen LogP) is 1.99. The van der Waals surface area contributed by atoms with Crippen molar-refractivity contribution in [1.82, 2.24) is 10.2 Å². The number of benzene rings is 1. The first kappa shape index (κ1) is 14.3. The SMILES string of the molecule is CNC(CN1C(=O)Cc2ccccc2C1=O)C1CCCC1. The van der Waals surface area contributed by atoms with Crippen molar-refractivity contribution in [2.24, 2.45) is 5.92 Å². The van der Waals surface area contributed by atoms with Crippen molar-refractivity contribution >= 4 is 11.8 Å². The van der Waals surface area contributed by atoms with E-state index in [1.165, 1.54) is 30.6 Å². The number of carbonyl (C=O) groups excluding carboxylic acids is 2. The molecule has 1 aliphatic heterocycles. The summed E-state index contributed by atoms with van der Waals surface area (Å²) in [6, 6.07) is 7.64. The van der Waals surface area contributed by atoms with Crippen LogP contribution >= 0.6 is 0 Å². The Morgan fingerprint density at radius 2 is 1.95 bits per heavy atom. The second-order valence-corrected chi connectivity index (χ2v) is 6.08. The van der Waals surface area contributed by atoms with Gasteiger partial charge in [-0.05, 0) is 37.4 Å². The van der Waals surface area contributed by atoms with Crippen LogP contribution in [0.4, 0.5) is 0 Å². The van der Waals surface area contributed by atoms with Crippen LogP contribution in [0.5, 0.6) is 0 Å². The number of rotatable bonds is 4. The third-order valence-electron chi connectivity index (χ3n) is 4.85. The van der Waals surface area contributed by atoms with E-state index in [0.29, 0.717) is 24.4 Å². The number of imide groups is 1. The average molecular weight is 286 g/mol. The Morgan fingerprint density at radius 3 is 2.67 bits per heavy atom. The van der Waals surface area contributed by atoms with Gasteiger partial charge in [-0.15, -0.1) is 0 Å². The lowest BCUT2D eigenvalue weighted by atomic mass is 9.94. The Kier molecular flexibility index (Phi) is 4.06. The highest BCUT2D eigenvalue weighted by Gasteiger charge is 2.34. The minimum atomic E-state index is -0.139. The van der Waals surface area contributed by atoms with E-state index in [1.54, 1.807) is 0 Å². The molecule has 1 N–H and O–H groups in total. The third-order valence-corrected chi connectivity index (χ3v) is 4.85. The molecule has 1 heterocycles. The molecule has 1 saturated carbocycles. The lowest BCUT2D eigenvalue weighted by molar-refractivity contribution is -0.128. The summed E-state index contributed by atoms with van der Waals surface area (Å²) < 4.78 is 0. The second kappa shape index (κ2) is 5.98. The van der Waals surface area contributed by atoms with E-state index in [4.69, 9.17) is 0 Å². The van der Waals surface area contributed by atoms with Gasteiger partial charge in [-0.25, -0.2) is 0 Å². The van der Waals surface area contributed by atoms with Gasteiger partial charge >= 0.3 is 0 Å². The van der Waals surface area contributed by atoms with Crippen LogP contribution < -0.4 is 5.32 Å². The fourth-order valence-electron chi connectivity index (χ4n) is 3.62. The summed E-state index contributed by atoms with van der Waals surface area (Å²) in [5.74, 6) is 0.366. The molecule has 0 radical (unpaired) electrons. The number of likely N-dealkylation sites (N-methyl/N-ethyl adjacent to an activating group) is 1. The number of amides is 2. The van der Waals surface area contributed by atoms with E-state index in [9.17, 15) is 9.59 Å². The highest BCUT2D eigenvalue weighted by molar-refractivity contribution is 6.09. The van der Waals surface area contributed by atoms with Crippen molar-refractivity contribution in [3.8, 4) is 0 Å². The molecule has 112 valence electrons. The maximum Gasteiger partial charge on any atom is 0.260 e. The Labute approximate surface area is 125 Å². The first-order valence-corrected chi connectivity index (χ1v) is 7.80. The second-order valence-electron chi connectivity index (χ2n) is 6.08. The normalized spacial score (nSPS) is 20.7. The van der Waals surface area contributed by atoms with Crippen LogP contribution in [0.2, 0.25) is 0 Å². The minimum Gasteiger partial charge on any atom is -0.315 e. The van der Waals surface area contributed by atoms with Crippen molar-refractivity contribution < 1.29 is 9.59 Å². The smallest absolute Gasteiger partial charge is 0.260 e. The maximum atomic E-state index is 12.6. The minimum absolute atomic E-state index is 0.0723. The van der Waals surface area contributed by atoms with E-state index in [1.807, 2.05) is 31.3 Å². The molecular weight excluding hydrogens is 264 g/mol. The first-order valence-electron chi connectivity index (χ1n) is 7.80. The summed E-state index contributed by atoms with van der Waals surface area (Å²) in [6.45, 7) is 0.493. The summed E-state index contributed by atoms with van der Waals surface area (Å²) >= 11 is 0. The zero-order chi connectivity index (χ0) is 14.8. The molecule has 3 rings (SSSR count).